The highest BCUT2D eigenvalue weighted by Crippen LogP contribution is 2.19. The van der Waals surface area contributed by atoms with Crippen LogP contribution in [0.25, 0.3) is 0 Å². The van der Waals surface area contributed by atoms with Crippen molar-refractivity contribution in [1.82, 2.24) is 5.32 Å². The van der Waals surface area contributed by atoms with Gasteiger partial charge in [-0.25, -0.2) is 0 Å². The Kier molecular flexibility index (Phi) is 6.47. The number of hydrogen-bond donors (Lipinski definition) is 1. The predicted molar refractivity (Wildman–Crippen MR) is 75.5 cm³/mol. The van der Waals surface area contributed by atoms with E-state index in [4.69, 9.17) is 21.1 Å². The Hall–Kier alpha value is -0.770. The van der Waals surface area contributed by atoms with Gasteiger partial charge in [-0.2, -0.15) is 0 Å². The average Bonchev–Trinajstić information content (AvgIpc) is 2.29. The van der Waals surface area contributed by atoms with E-state index in [2.05, 4.69) is 5.32 Å². The summed E-state index contributed by atoms with van der Waals surface area (Å²) in [6, 6.07) is 7.57. The molecular weight excluding hydrogens is 250 g/mol. The lowest BCUT2D eigenvalue weighted by molar-refractivity contribution is 0.0342. The zero-order valence-electron chi connectivity index (χ0n) is 11.4. The minimum Gasteiger partial charge on any atom is -0.489 e. The lowest BCUT2D eigenvalue weighted by Gasteiger charge is -2.25. The molecule has 0 saturated heterocycles. The van der Waals surface area contributed by atoms with Crippen LogP contribution in [-0.2, 0) is 4.74 Å². The van der Waals surface area contributed by atoms with Gasteiger partial charge in [0, 0.05) is 5.02 Å². The largest absolute Gasteiger partial charge is 0.489 e. The molecule has 0 aromatic heterocycles. The minimum absolute atomic E-state index is 0.00668. The minimum atomic E-state index is 0.00668. The molecule has 4 heteroatoms. The summed E-state index contributed by atoms with van der Waals surface area (Å²) in [7, 11) is 1.91. The first-order valence-corrected chi connectivity index (χ1v) is 6.61. The average molecular weight is 272 g/mol. The first-order valence-electron chi connectivity index (χ1n) is 6.24. The normalized spacial score (nSPS) is 14.6. The van der Waals surface area contributed by atoms with Gasteiger partial charge in [-0.15, -0.1) is 0 Å². The lowest BCUT2D eigenvalue weighted by Crippen LogP contribution is -2.43. The number of ether oxygens (including phenoxy) is 2. The van der Waals surface area contributed by atoms with Crippen LogP contribution >= 0.6 is 11.6 Å². The molecule has 0 heterocycles. The topological polar surface area (TPSA) is 30.5 Å². The first kappa shape index (κ1) is 15.3. The summed E-state index contributed by atoms with van der Waals surface area (Å²) in [5.74, 6) is 0.778. The van der Waals surface area contributed by atoms with Crippen LogP contribution < -0.4 is 10.1 Å². The Balaban J connectivity index is 2.53. The van der Waals surface area contributed by atoms with E-state index in [-0.39, 0.29) is 18.2 Å². The fourth-order valence-corrected chi connectivity index (χ4v) is 1.77. The van der Waals surface area contributed by atoms with Gasteiger partial charge < -0.3 is 14.8 Å². The van der Waals surface area contributed by atoms with Crippen molar-refractivity contribution < 1.29 is 9.47 Å². The van der Waals surface area contributed by atoms with Crippen molar-refractivity contribution in [3.8, 4) is 5.75 Å². The van der Waals surface area contributed by atoms with Crippen molar-refractivity contribution in [2.75, 3.05) is 13.7 Å². The fourth-order valence-electron chi connectivity index (χ4n) is 1.59. The Bertz CT molecular complexity index is 357. The van der Waals surface area contributed by atoms with E-state index >= 15 is 0 Å². The van der Waals surface area contributed by atoms with Gasteiger partial charge >= 0.3 is 0 Å². The van der Waals surface area contributed by atoms with Gasteiger partial charge in [-0.3, -0.25) is 0 Å². The van der Waals surface area contributed by atoms with Gasteiger partial charge in [0.05, 0.1) is 18.8 Å². The molecule has 3 nitrogen and oxygen atoms in total. The molecule has 1 rings (SSSR count). The summed E-state index contributed by atoms with van der Waals surface area (Å²) < 4.78 is 11.5. The van der Waals surface area contributed by atoms with Gasteiger partial charge in [-0.1, -0.05) is 17.7 Å². The summed E-state index contributed by atoms with van der Waals surface area (Å²) in [5.41, 5.74) is 0. The Labute approximate surface area is 114 Å². The van der Waals surface area contributed by atoms with Crippen molar-refractivity contribution in [1.29, 1.82) is 0 Å². The maximum Gasteiger partial charge on any atom is 0.121 e. The molecule has 0 aliphatic rings. The fraction of sp³-hybridized carbons (Fsp3) is 0.571. The quantitative estimate of drug-likeness (QED) is 0.827. The molecule has 0 radical (unpaired) electrons. The molecule has 0 aliphatic heterocycles. The molecular formula is C14H22ClNO2. The second-order valence-corrected chi connectivity index (χ2v) is 4.99. The number of nitrogens with one attached hydrogen (secondary N) is 1. The summed E-state index contributed by atoms with van der Waals surface area (Å²) in [4.78, 5) is 0. The smallest absolute Gasteiger partial charge is 0.121 e. The molecule has 0 fully saturated rings. The molecule has 0 aliphatic carbocycles. The number of likely N-dealkylation sites (N-methyl/N-ethyl adjacent to an activating group) is 1. The van der Waals surface area contributed by atoms with E-state index in [1.54, 1.807) is 0 Å². The molecule has 1 aromatic carbocycles. The summed E-state index contributed by atoms with van der Waals surface area (Å²) in [5, 5.41) is 3.89. The van der Waals surface area contributed by atoms with Crippen LogP contribution in [0.3, 0.4) is 0 Å². The highest BCUT2D eigenvalue weighted by Gasteiger charge is 2.18. The van der Waals surface area contributed by atoms with E-state index in [9.17, 15) is 0 Å². The first-order chi connectivity index (χ1) is 8.52. The molecule has 0 amide bonds. The van der Waals surface area contributed by atoms with E-state index in [1.165, 1.54) is 0 Å². The number of benzene rings is 1. The van der Waals surface area contributed by atoms with Crippen LogP contribution in [0.4, 0.5) is 0 Å². The van der Waals surface area contributed by atoms with E-state index < -0.39 is 0 Å². The van der Waals surface area contributed by atoms with E-state index in [0.717, 1.165) is 5.75 Å². The number of halogens is 1. The maximum atomic E-state index is 5.92. The van der Waals surface area contributed by atoms with Crippen molar-refractivity contribution >= 4 is 11.6 Å². The molecule has 18 heavy (non-hydrogen) atoms. The SMILES string of the molecule is CNC(COC(C)C)C(C)Oc1cccc(Cl)c1. The summed E-state index contributed by atoms with van der Waals surface area (Å²) >= 11 is 5.92. The van der Waals surface area contributed by atoms with E-state index in [1.807, 2.05) is 52.1 Å². The zero-order valence-corrected chi connectivity index (χ0v) is 12.2. The summed E-state index contributed by atoms with van der Waals surface area (Å²) in [6.07, 6.45) is 0.228. The highest BCUT2D eigenvalue weighted by atomic mass is 35.5. The summed E-state index contributed by atoms with van der Waals surface area (Å²) in [6.45, 7) is 6.69. The zero-order chi connectivity index (χ0) is 13.5. The third-order valence-corrected chi connectivity index (χ3v) is 2.90. The number of hydrogen-bond acceptors (Lipinski definition) is 3. The van der Waals surface area contributed by atoms with Crippen molar-refractivity contribution in [2.24, 2.45) is 0 Å². The van der Waals surface area contributed by atoms with Gasteiger partial charge in [0.2, 0.25) is 0 Å². The van der Waals surface area contributed by atoms with Crippen molar-refractivity contribution in [3.05, 3.63) is 29.3 Å². The van der Waals surface area contributed by atoms with Gasteiger partial charge in [0.15, 0.2) is 0 Å². The highest BCUT2D eigenvalue weighted by molar-refractivity contribution is 6.30. The number of rotatable bonds is 7. The molecule has 1 aromatic rings. The molecule has 102 valence electrons. The van der Waals surface area contributed by atoms with Crippen LogP contribution in [0.1, 0.15) is 20.8 Å². The van der Waals surface area contributed by atoms with Crippen LogP contribution in [0.2, 0.25) is 5.02 Å². The standard InChI is InChI=1S/C14H22ClNO2/c1-10(2)17-9-14(16-4)11(3)18-13-7-5-6-12(15)8-13/h5-8,10-11,14,16H,9H2,1-4H3. The lowest BCUT2D eigenvalue weighted by atomic mass is 10.2. The third kappa shape index (κ3) is 5.25. The van der Waals surface area contributed by atoms with Crippen LogP contribution in [-0.4, -0.2) is 31.9 Å². The monoisotopic (exact) mass is 271 g/mol. The Morgan fingerprint density at radius 3 is 2.56 bits per heavy atom. The second kappa shape index (κ2) is 7.62. The Morgan fingerprint density at radius 2 is 2.00 bits per heavy atom. The van der Waals surface area contributed by atoms with Gasteiger partial charge in [0.25, 0.3) is 0 Å². The molecule has 1 N–H and O–H groups in total. The third-order valence-electron chi connectivity index (χ3n) is 2.66. The predicted octanol–water partition coefficient (Wildman–Crippen LogP) is 3.12. The second-order valence-electron chi connectivity index (χ2n) is 4.56. The van der Waals surface area contributed by atoms with Crippen LogP contribution in [0, 0.1) is 0 Å². The van der Waals surface area contributed by atoms with Crippen molar-refractivity contribution in [3.63, 3.8) is 0 Å². The Morgan fingerprint density at radius 1 is 1.28 bits per heavy atom. The van der Waals surface area contributed by atoms with Gasteiger partial charge in [0.1, 0.15) is 11.9 Å². The molecule has 2 atom stereocenters. The van der Waals surface area contributed by atoms with Gasteiger partial charge in [-0.05, 0) is 46.0 Å². The van der Waals surface area contributed by atoms with Crippen LogP contribution in [0.5, 0.6) is 5.75 Å². The van der Waals surface area contributed by atoms with E-state index in [0.29, 0.717) is 11.6 Å². The molecule has 0 saturated carbocycles. The maximum absolute atomic E-state index is 5.92. The van der Waals surface area contributed by atoms with Crippen LogP contribution in [0.15, 0.2) is 24.3 Å². The molecule has 0 spiro atoms. The van der Waals surface area contributed by atoms with Crippen molar-refractivity contribution in [2.45, 2.75) is 39.0 Å². The molecule has 2 unspecified atom stereocenters. The molecule has 0 bridgehead atoms.